The predicted octanol–water partition coefficient (Wildman–Crippen LogP) is 1.18. The minimum Gasteiger partial charge on any atom is -0.335 e. The van der Waals surface area contributed by atoms with Crippen molar-refractivity contribution in [1.29, 1.82) is 0 Å². The van der Waals surface area contributed by atoms with E-state index in [9.17, 15) is 4.79 Å². The standard InChI is InChI=1S/C12H23N3O/c1-9(10-4-3-7-15(2)8-10)13-12(16)14-11-5-6-11/h9-11H,3-8H2,1-2H3,(H2,13,14,16). The second-order valence-electron chi connectivity index (χ2n) is 5.35. The van der Waals surface area contributed by atoms with E-state index in [1.165, 1.54) is 19.4 Å². The number of piperidine rings is 1. The lowest BCUT2D eigenvalue weighted by Crippen LogP contribution is -2.48. The second-order valence-corrected chi connectivity index (χ2v) is 5.35. The highest BCUT2D eigenvalue weighted by molar-refractivity contribution is 5.74. The molecule has 2 atom stereocenters. The molecule has 2 unspecified atom stereocenters. The smallest absolute Gasteiger partial charge is 0.315 e. The van der Waals surface area contributed by atoms with Crippen LogP contribution in [0.2, 0.25) is 0 Å². The number of urea groups is 1. The van der Waals surface area contributed by atoms with E-state index in [1.54, 1.807) is 0 Å². The topological polar surface area (TPSA) is 44.4 Å². The molecule has 2 N–H and O–H groups in total. The van der Waals surface area contributed by atoms with E-state index in [-0.39, 0.29) is 12.1 Å². The predicted molar refractivity (Wildman–Crippen MR) is 64.4 cm³/mol. The van der Waals surface area contributed by atoms with Crippen molar-refractivity contribution >= 4 is 6.03 Å². The number of nitrogens with one attached hydrogen (secondary N) is 2. The van der Waals surface area contributed by atoms with Gasteiger partial charge in [0, 0.05) is 18.6 Å². The Morgan fingerprint density at radius 3 is 2.75 bits per heavy atom. The molecule has 2 rings (SSSR count). The summed E-state index contributed by atoms with van der Waals surface area (Å²) in [5.41, 5.74) is 0. The molecule has 0 aromatic heterocycles. The molecular weight excluding hydrogens is 202 g/mol. The zero-order valence-electron chi connectivity index (χ0n) is 10.3. The molecule has 1 aliphatic carbocycles. The van der Waals surface area contributed by atoms with Gasteiger partial charge < -0.3 is 15.5 Å². The molecule has 4 heteroatoms. The molecule has 92 valence electrons. The van der Waals surface area contributed by atoms with Gasteiger partial charge in [-0.05, 0) is 52.1 Å². The van der Waals surface area contributed by atoms with Crippen LogP contribution >= 0.6 is 0 Å². The van der Waals surface area contributed by atoms with Crippen molar-refractivity contribution in [3.05, 3.63) is 0 Å². The average Bonchev–Trinajstić information content (AvgIpc) is 3.01. The van der Waals surface area contributed by atoms with Gasteiger partial charge in [0.05, 0.1) is 0 Å². The first-order valence-electron chi connectivity index (χ1n) is 6.40. The zero-order chi connectivity index (χ0) is 11.5. The summed E-state index contributed by atoms with van der Waals surface area (Å²) in [6.07, 6.45) is 4.77. The third kappa shape index (κ3) is 3.37. The van der Waals surface area contributed by atoms with Crippen molar-refractivity contribution in [3.63, 3.8) is 0 Å². The van der Waals surface area contributed by atoms with Crippen LogP contribution in [0.15, 0.2) is 0 Å². The Balaban J connectivity index is 1.72. The van der Waals surface area contributed by atoms with Gasteiger partial charge in [-0.2, -0.15) is 0 Å². The van der Waals surface area contributed by atoms with Crippen LogP contribution in [0.4, 0.5) is 4.79 Å². The molecule has 2 aliphatic rings. The molecule has 0 aromatic carbocycles. The molecule has 0 radical (unpaired) electrons. The number of hydrogen-bond acceptors (Lipinski definition) is 2. The number of amides is 2. The van der Waals surface area contributed by atoms with Crippen LogP contribution in [-0.2, 0) is 0 Å². The summed E-state index contributed by atoms with van der Waals surface area (Å²) in [5.74, 6) is 0.601. The lowest BCUT2D eigenvalue weighted by molar-refractivity contribution is 0.177. The van der Waals surface area contributed by atoms with Gasteiger partial charge in [-0.15, -0.1) is 0 Å². The van der Waals surface area contributed by atoms with E-state index < -0.39 is 0 Å². The van der Waals surface area contributed by atoms with Crippen molar-refractivity contribution in [1.82, 2.24) is 15.5 Å². The van der Waals surface area contributed by atoms with Gasteiger partial charge in [0.2, 0.25) is 0 Å². The normalized spacial score (nSPS) is 28.5. The number of hydrogen-bond donors (Lipinski definition) is 2. The summed E-state index contributed by atoms with van der Waals surface area (Å²) in [6, 6.07) is 0.742. The van der Waals surface area contributed by atoms with Gasteiger partial charge in [-0.1, -0.05) is 0 Å². The molecule has 1 saturated carbocycles. The minimum atomic E-state index is 0.0169. The summed E-state index contributed by atoms with van der Waals surface area (Å²) >= 11 is 0. The lowest BCUT2D eigenvalue weighted by atomic mass is 9.92. The number of carbonyl (C=O) groups is 1. The molecule has 2 fully saturated rings. The first-order chi connectivity index (χ1) is 7.65. The fourth-order valence-electron chi connectivity index (χ4n) is 2.39. The van der Waals surface area contributed by atoms with E-state index in [1.807, 2.05) is 0 Å². The van der Waals surface area contributed by atoms with Crippen LogP contribution in [0.5, 0.6) is 0 Å². The van der Waals surface area contributed by atoms with Crippen LogP contribution in [0, 0.1) is 5.92 Å². The lowest BCUT2D eigenvalue weighted by Gasteiger charge is -2.33. The van der Waals surface area contributed by atoms with E-state index in [0.717, 1.165) is 19.4 Å². The SMILES string of the molecule is CC(NC(=O)NC1CC1)C1CCCN(C)C1. The van der Waals surface area contributed by atoms with E-state index >= 15 is 0 Å². The number of likely N-dealkylation sites (tertiary alicyclic amines) is 1. The fourth-order valence-corrected chi connectivity index (χ4v) is 2.39. The monoisotopic (exact) mass is 225 g/mol. The molecule has 1 saturated heterocycles. The van der Waals surface area contributed by atoms with E-state index in [4.69, 9.17) is 0 Å². The van der Waals surface area contributed by atoms with Gasteiger partial charge >= 0.3 is 6.03 Å². The van der Waals surface area contributed by atoms with Gasteiger partial charge in [-0.3, -0.25) is 0 Å². The highest BCUT2D eigenvalue weighted by atomic mass is 16.2. The van der Waals surface area contributed by atoms with E-state index in [0.29, 0.717) is 12.0 Å². The maximum atomic E-state index is 11.6. The number of carbonyl (C=O) groups excluding carboxylic acids is 1. The summed E-state index contributed by atoms with van der Waals surface area (Å²) in [4.78, 5) is 13.9. The Kier molecular flexibility index (Phi) is 3.69. The first kappa shape index (κ1) is 11.7. The Bertz CT molecular complexity index is 253. The van der Waals surface area contributed by atoms with Crippen LogP contribution < -0.4 is 10.6 Å². The van der Waals surface area contributed by atoms with E-state index in [2.05, 4.69) is 29.5 Å². The Morgan fingerprint density at radius 1 is 1.38 bits per heavy atom. The van der Waals surface area contributed by atoms with Crippen LogP contribution in [0.1, 0.15) is 32.6 Å². The van der Waals surface area contributed by atoms with Crippen molar-refractivity contribution in [2.45, 2.75) is 44.7 Å². The van der Waals surface area contributed by atoms with Gasteiger partial charge in [-0.25, -0.2) is 4.79 Å². The zero-order valence-corrected chi connectivity index (χ0v) is 10.3. The Morgan fingerprint density at radius 2 is 2.12 bits per heavy atom. The summed E-state index contributed by atoms with van der Waals surface area (Å²) in [5, 5.41) is 6.04. The highest BCUT2D eigenvalue weighted by Crippen LogP contribution is 2.20. The molecule has 16 heavy (non-hydrogen) atoms. The highest BCUT2D eigenvalue weighted by Gasteiger charge is 2.27. The van der Waals surface area contributed by atoms with Gasteiger partial charge in [0.25, 0.3) is 0 Å². The number of rotatable bonds is 3. The minimum absolute atomic E-state index is 0.0169. The molecule has 1 aliphatic heterocycles. The third-order valence-electron chi connectivity index (χ3n) is 3.64. The quantitative estimate of drug-likeness (QED) is 0.757. The summed E-state index contributed by atoms with van der Waals surface area (Å²) in [7, 11) is 2.16. The molecule has 0 aromatic rings. The van der Waals surface area contributed by atoms with Crippen molar-refractivity contribution < 1.29 is 4.79 Å². The molecule has 1 heterocycles. The van der Waals surface area contributed by atoms with Gasteiger partial charge in [0.1, 0.15) is 0 Å². The average molecular weight is 225 g/mol. The molecule has 0 bridgehead atoms. The van der Waals surface area contributed by atoms with Crippen molar-refractivity contribution in [2.24, 2.45) is 5.92 Å². The molecule has 2 amide bonds. The van der Waals surface area contributed by atoms with Crippen LogP contribution in [-0.4, -0.2) is 43.2 Å². The summed E-state index contributed by atoms with van der Waals surface area (Å²) in [6.45, 7) is 4.42. The maximum absolute atomic E-state index is 11.6. The van der Waals surface area contributed by atoms with Crippen molar-refractivity contribution in [2.75, 3.05) is 20.1 Å². The molecular formula is C12H23N3O. The maximum Gasteiger partial charge on any atom is 0.315 e. The third-order valence-corrected chi connectivity index (χ3v) is 3.64. The largest absolute Gasteiger partial charge is 0.335 e. The van der Waals surface area contributed by atoms with Crippen molar-refractivity contribution in [3.8, 4) is 0 Å². The fraction of sp³-hybridized carbons (Fsp3) is 0.917. The number of nitrogens with zero attached hydrogens (tertiary/aromatic N) is 1. The Labute approximate surface area is 97.8 Å². The summed E-state index contributed by atoms with van der Waals surface area (Å²) < 4.78 is 0. The second kappa shape index (κ2) is 5.04. The van der Waals surface area contributed by atoms with Crippen LogP contribution in [0.3, 0.4) is 0 Å². The first-order valence-corrected chi connectivity index (χ1v) is 6.40. The van der Waals surface area contributed by atoms with Crippen LogP contribution in [0.25, 0.3) is 0 Å². The molecule has 0 spiro atoms. The Hall–Kier alpha value is -0.770. The molecule has 4 nitrogen and oxygen atoms in total. The van der Waals surface area contributed by atoms with Gasteiger partial charge in [0.15, 0.2) is 0 Å².